The third-order valence-electron chi connectivity index (χ3n) is 3.27. The molecule has 0 saturated carbocycles. The van der Waals surface area contributed by atoms with Gasteiger partial charge in [0.1, 0.15) is 0 Å². The molecule has 3 aromatic rings. The third kappa shape index (κ3) is 3.95. The Bertz CT molecular complexity index is 890. The van der Waals surface area contributed by atoms with Gasteiger partial charge in [-0.3, -0.25) is 9.59 Å². The van der Waals surface area contributed by atoms with E-state index in [4.69, 9.17) is 11.6 Å². The van der Waals surface area contributed by atoms with Gasteiger partial charge < -0.3 is 5.32 Å². The Morgan fingerprint density at radius 2 is 2.00 bits per heavy atom. The van der Waals surface area contributed by atoms with Crippen molar-refractivity contribution in [2.24, 2.45) is 0 Å². The van der Waals surface area contributed by atoms with Crippen molar-refractivity contribution in [1.29, 1.82) is 0 Å². The van der Waals surface area contributed by atoms with Gasteiger partial charge in [0.2, 0.25) is 5.78 Å². The summed E-state index contributed by atoms with van der Waals surface area (Å²) in [6, 6.07) is 10.6. The van der Waals surface area contributed by atoms with E-state index in [0.29, 0.717) is 27.6 Å². The average Bonchev–Trinajstić information content (AvgIpc) is 3.26. The number of hydrogen-bond donors (Lipinski definition) is 1. The van der Waals surface area contributed by atoms with Gasteiger partial charge in [-0.05, 0) is 41.8 Å². The number of rotatable bonds is 5. The Balaban J connectivity index is 1.66. The fourth-order valence-electron chi connectivity index (χ4n) is 2.07. The highest BCUT2D eigenvalue weighted by Crippen LogP contribution is 2.23. The average molecular weight is 441 g/mol. The van der Waals surface area contributed by atoms with E-state index < -0.39 is 0 Å². The minimum absolute atomic E-state index is 0.00820. The number of thiophene rings is 2. The van der Waals surface area contributed by atoms with Crippen LogP contribution in [0.15, 0.2) is 51.6 Å². The number of nitrogens with one attached hydrogen (secondary N) is 1. The standard InChI is InChI=1S/C17H11BrClNO2S2/c18-11-1-3-14(19)13(7-11)17(22)20-8-12-2-4-15(24-12)16(21)10-5-6-23-9-10/h1-7,9H,8H2,(H,20,22). The molecule has 24 heavy (non-hydrogen) atoms. The van der Waals surface area contributed by atoms with Crippen LogP contribution in [0.1, 0.15) is 30.5 Å². The van der Waals surface area contributed by atoms with Crippen LogP contribution in [0.3, 0.4) is 0 Å². The fourth-order valence-corrected chi connectivity index (χ4v) is 4.17. The van der Waals surface area contributed by atoms with Crippen LogP contribution in [-0.4, -0.2) is 11.7 Å². The smallest absolute Gasteiger partial charge is 0.253 e. The maximum absolute atomic E-state index is 12.3. The van der Waals surface area contributed by atoms with E-state index in [9.17, 15) is 9.59 Å². The zero-order valence-electron chi connectivity index (χ0n) is 12.2. The van der Waals surface area contributed by atoms with Crippen molar-refractivity contribution in [2.45, 2.75) is 6.54 Å². The highest BCUT2D eigenvalue weighted by molar-refractivity contribution is 9.10. The van der Waals surface area contributed by atoms with Gasteiger partial charge in [-0.15, -0.1) is 11.3 Å². The molecule has 0 radical (unpaired) electrons. The zero-order chi connectivity index (χ0) is 17.1. The fraction of sp³-hybridized carbons (Fsp3) is 0.0588. The second kappa shape index (κ2) is 7.61. The van der Waals surface area contributed by atoms with Crippen LogP contribution in [0.4, 0.5) is 0 Å². The number of ketones is 1. The van der Waals surface area contributed by atoms with Gasteiger partial charge in [-0.1, -0.05) is 27.5 Å². The summed E-state index contributed by atoms with van der Waals surface area (Å²) in [5.74, 6) is -0.241. The normalized spacial score (nSPS) is 10.6. The van der Waals surface area contributed by atoms with Crippen molar-refractivity contribution in [1.82, 2.24) is 5.32 Å². The maximum Gasteiger partial charge on any atom is 0.253 e. The molecule has 3 rings (SSSR count). The summed E-state index contributed by atoms with van der Waals surface area (Å²) in [4.78, 5) is 26.1. The Morgan fingerprint density at radius 3 is 2.75 bits per heavy atom. The maximum atomic E-state index is 12.3. The highest BCUT2D eigenvalue weighted by atomic mass is 79.9. The number of amides is 1. The molecule has 1 aromatic carbocycles. The van der Waals surface area contributed by atoms with E-state index in [1.165, 1.54) is 22.7 Å². The molecule has 0 unspecified atom stereocenters. The predicted octanol–water partition coefficient (Wildman–Crippen LogP) is 5.39. The first kappa shape index (κ1) is 17.4. The molecule has 2 aromatic heterocycles. The van der Waals surface area contributed by atoms with Crippen LogP contribution >= 0.6 is 50.2 Å². The second-order valence-electron chi connectivity index (χ2n) is 4.91. The van der Waals surface area contributed by atoms with Crippen molar-refractivity contribution in [3.05, 3.63) is 77.5 Å². The molecule has 0 saturated heterocycles. The van der Waals surface area contributed by atoms with Gasteiger partial charge in [-0.25, -0.2) is 0 Å². The molecule has 1 N–H and O–H groups in total. The second-order valence-corrected chi connectivity index (χ2v) is 8.19. The molecule has 0 bridgehead atoms. The van der Waals surface area contributed by atoms with Crippen LogP contribution in [0.25, 0.3) is 0 Å². The number of carbonyl (C=O) groups is 2. The van der Waals surface area contributed by atoms with Crippen molar-refractivity contribution in [3.63, 3.8) is 0 Å². The molecule has 7 heteroatoms. The predicted molar refractivity (Wildman–Crippen MR) is 102 cm³/mol. The van der Waals surface area contributed by atoms with E-state index in [-0.39, 0.29) is 11.7 Å². The molecule has 1 amide bonds. The highest BCUT2D eigenvalue weighted by Gasteiger charge is 2.14. The Hall–Kier alpha value is -1.47. The van der Waals surface area contributed by atoms with Crippen LogP contribution in [0.2, 0.25) is 5.02 Å². The van der Waals surface area contributed by atoms with Crippen molar-refractivity contribution in [2.75, 3.05) is 0 Å². The first-order valence-corrected chi connectivity index (χ1v) is 9.86. The quantitative estimate of drug-likeness (QED) is 0.541. The molecule has 0 aliphatic heterocycles. The number of benzene rings is 1. The minimum atomic E-state index is -0.250. The monoisotopic (exact) mass is 439 g/mol. The first-order chi connectivity index (χ1) is 11.5. The lowest BCUT2D eigenvalue weighted by atomic mass is 10.2. The first-order valence-electron chi connectivity index (χ1n) is 6.93. The van der Waals surface area contributed by atoms with Crippen LogP contribution in [0.5, 0.6) is 0 Å². The van der Waals surface area contributed by atoms with Gasteiger partial charge in [0.25, 0.3) is 5.91 Å². The van der Waals surface area contributed by atoms with Crippen LogP contribution in [0, 0.1) is 0 Å². The summed E-state index contributed by atoms with van der Waals surface area (Å²) in [6.07, 6.45) is 0. The van der Waals surface area contributed by atoms with E-state index in [1.54, 1.807) is 24.3 Å². The molecule has 0 spiro atoms. The van der Waals surface area contributed by atoms with E-state index in [1.807, 2.05) is 22.9 Å². The van der Waals surface area contributed by atoms with Gasteiger partial charge in [0, 0.05) is 20.3 Å². The number of carbonyl (C=O) groups excluding carboxylic acids is 2. The molecule has 0 atom stereocenters. The third-order valence-corrected chi connectivity index (χ3v) is 5.86. The van der Waals surface area contributed by atoms with E-state index in [2.05, 4.69) is 21.2 Å². The lowest BCUT2D eigenvalue weighted by Gasteiger charge is -2.06. The summed E-state index contributed by atoms with van der Waals surface area (Å²) in [6.45, 7) is 0.350. The molecule has 0 aliphatic rings. The van der Waals surface area contributed by atoms with Crippen LogP contribution in [-0.2, 0) is 6.54 Å². The van der Waals surface area contributed by atoms with E-state index >= 15 is 0 Å². The molecular weight excluding hydrogens is 430 g/mol. The lowest BCUT2D eigenvalue weighted by molar-refractivity contribution is 0.0950. The molecule has 0 fully saturated rings. The summed E-state index contributed by atoms with van der Waals surface area (Å²) in [7, 11) is 0. The van der Waals surface area contributed by atoms with Gasteiger partial charge >= 0.3 is 0 Å². The van der Waals surface area contributed by atoms with Crippen molar-refractivity contribution >= 4 is 61.9 Å². The number of halogens is 2. The minimum Gasteiger partial charge on any atom is -0.347 e. The topological polar surface area (TPSA) is 46.2 Å². The number of hydrogen-bond acceptors (Lipinski definition) is 4. The van der Waals surface area contributed by atoms with Gasteiger partial charge in [0.05, 0.1) is 22.0 Å². The van der Waals surface area contributed by atoms with Gasteiger partial charge in [-0.2, -0.15) is 11.3 Å². The lowest BCUT2D eigenvalue weighted by Crippen LogP contribution is -2.22. The SMILES string of the molecule is O=C(c1ccsc1)c1ccc(CNC(=O)c2cc(Br)ccc2Cl)s1. The van der Waals surface area contributed by atoms with E-state index in [0.717, 1.165) is 9.35 Å². The molecule has 2 heterocycles. The van der Waals surface area contributed by atoms with Crippen molar-refractivity contribution < 1.29 is 9.59 Å². The zero-order valence-corrected chi connectivity index (χ0v) is 16.2. The summed E-state index contributed by atoms with van der Waals surface area (Å²) in [5, 5.41) is 6.94. The van der Waals surface area contributed by atoms with Crippen LogP contribution < -0.4 is 5.32 Å². The van der Waals surface area contributed by atoms with Gasteiger partial charge in [0.15, 0.2) is 0 Å². The Labute approximate surface area is 160 Å². The Morgan fingerprint density at radius 1 is 1.17 bits per heavy atom. The molecule has 0 aliphatic carbocycles. The largest absolute Gasteiger partial charge is 0.347 e. The molecule has 122 valence electrons. The summed E-state index contributed by atoms with van der Waals surface area (Å²) >= 11 is 12.3. The molecular formula is C17H11BrClNO2S2. The summed E-state index contributed by atoms with van der Waals surface area (Å²) < 4.78 is 0.789. The van der Waals surface area contributed by atoms with Crippen molar-refractivity contribution in [3.8, 4) is 0 Å². The molecule has 3 nitrogen and oxygen atoms in total. The summed E-state index contributed by atoms with van der Waals surface area (Å²) in [5.41, 5.74) is 1.11. The Kier molecular flexibility index (Phi) is 5.50.